The highest BCUT2D eigenvalue weighted by molar-refractivity contribution is 9.11. The molecular formula is C6H6Br2N2O2S. The molecule has 0 saturated heterocycles. The van der Waals surface area contributed by atoms with Gasteiger partial charge in [0.25, 0.3) is 0 Å². The Balaban J connectivity index is 2.93. The van der Waals surface area contributed by atoms with E-state index in [0.29, 0.717) is 10.3 Å². The van der Waals surface area contributed by atoms with E-state index in [9.17, 15) is 8.42 Å². The summed E-state index contributed by atoms with van der Waals surface area (Å²) in [5, 5.41) is 0. The molecule has 4 nitrogen and oxygen atoms in total. The van der Waals surface area contributed by atoms with Crippen LogP contribution < -0.4 is 4.72 Å². The van der Waals surface area contributed by atoms with Crippen LogP contribution in [0.3, 0.4) is 0 Å². The van der Waals surface area contributed by atoms with E-state index < -0.39 is 10.0 Å². The number of aromatic nitrogens is 1. The van der Waals surface area contributed by atoms with Crippen molar-refractivity contribution in [1.29, 1.82) is 0 Å². The van der Waals surface area contributed by atoms with Crippen LogP contribution in [0.4, 0.5) is 5.82 Å². The topological polar surface area (TPSA) is 59.1 Å². The number of alkyl halides is 1. The minimum absolute atomic E-state index is 0.150. The van der Waals surface area contributed by atoms with Crippen molar-refractivity contribution in [1.82, 2.24) is 4.98 Å². The molecule has 0 bridgehead atoms. The SMILES string of the molecule is O=S(=O)(CBr)Nc1ncccc1Br. The van der Waals surface area contributed by atoms with Gasteiger partial charge < -0.3 is 0 Å². The van der Waals surface area contributed by atoms with Gasteiger partial charge in [0.15, 0.2) is 5.82 Å². The average Bonchev–Trinajstić information content (AvgIpc) is 2.09. The van der Waals surface area contributed by atoms with Crippen LogP contribution >= 0.6 is 31.9 Å². The van der Waals surface area contributed by atoms with E-state index >= 15 is 0 Å². The molecule has 7 heteroatoms. The first-order valence-electron chi connectivity index (χ1n) is 3.22. The smallest absolute Gasteiger partial charge is 0.243 e. The minimum Gasteiger partial charge on any atom is -0.266 e. The number of hydrogen-bond donors (Lipinski definition) is 1. The van der Waals surface area contributed by atoms with Crippen LogP contribution in [0.5, 0.6) is 0 Å². The van der Waals surface area contributed by atoms with Crippen molar-refractivity contribution in [2.24, 2.45) is 0 Å². The summed E-state index contributed by atoms with van der Waals surface area (Å²) in [5.74, 6) is 0.293. The van der Waals surface area contributed by atoms with Gasteiger partial charge in [-0.05, 0) is 28.1 Å². The van der Waals surface area contributed by atoms with Crippen molar-refractivity contribution in [3.8, 4) is 0 Å². The third-order valence-corrected chi connectivity index (χ3v) is 4.39. The molecule has 0 aromatic carbocycles. The Bertz CT molecular complexity index is 393. The number of hydrogen-bond acceptors (Lipinski definition) is 3. The zero-order valence-electron chi connectivity index (χ0n) is 6.37. The Morgan fingerprint density at radius 3 is 2.77 bits per heavy atom. The van der Waals surface area contributed by atoms with Gasteiger partial charge in [0.1, 0.15) is 4.66 Å². The fourth-order valence-electron chi connectivity index (χ4n) is 0.635. The lowest BCUT2D eigenvalue weighted by molar-refractivity contribution is 0.606. The number of anilines is 1. The first-order chi connectivity index (χ1) is 6.05. The molecule has 72 valence electrons. The van der Waals surface area contributed by atoms with Crippen molar-refractivity contribution >= 4 is 47.7 Å². The van der Waals surface area contributed by atoms with Crippen molar-refractivity contribution in [2.45, 2.75) is 0 Å². The Labute approximate surface area is 93.1 Å². The third kappa shape index (κ3) is 3.24. The molecule has 0 atom stereocenters. The highest BCUT2D eigenvalue weighted by Crippen LogP contribution is 2.19. The zero-order valence-corrected chi connectivity index (χ0v) is 10.4. The van der Waals surface area contributed by atoms with Gasteiger partial charge in [0, 0.05) is 6.20 Å². The number of rotatable bonds is 3. The van der Waals surface area contributed by atoms with Crippen molar-refractivity contribution < 1.29 is 8.42 Å². The normalized spacial score (nSPS) is 11.2. The molecule has 0 saturated carbocycles. The standard InChI is InChI=1S/C6H6Br2N2O2S/c7-4-13(11,12)10-6-5(8)2-1-3-9-6/h1-3H,4H2,(H,9,10). The summed E-state index contributed by atoms with van der Waals surface area (Å²) in [4.78, 5) is 3.85. The lowest BCUT2D eigenvalue weighted by atomic mass is 10.5. The molecule has 0 fully saturated rings. The highest BCUT2D eigenvalue weighted by Gasteiger charge is 2.10. The summed E-state index contributed by atoms with van der Waals surface area (Å²) >= 11 is 6.03. The van der Waals surface area contributed by atoms with Crippen molar-refractivity contribution in [3.63, 3.8) is 0 Å². The quantitative estimate of drug-likeness (QED) is 0.862. The van der Waals surface area contributed by atoms with E-state index in [-0.39, 0.29) is 4.66 Å². The van der Waals surface area contributed by atoms with Gasteiger partial charge in [-0.2, -0.15) is 0 Å². The van der Waals surface area contributed by atoms with Crippen LogP contribution in [0.2, 0.25) is 0 Å². The second-order valence-corrected chi connectivity index (χ2v) is 6.04. The molecule has 1 aromatic rings. The van der Waals surface area contributed by atoms with Crippen molar-refractivity contribution in [3.05, 3.63) is 22.8 Å². The molecule has 0 spiro atoms. The molecule has 0 aliphatic rings. The van der Waals surface area contributed by atoms with Gasteiger partial charge in [-0.15, -0.1) is 0 Å². The number of sulfonamides is 1. The third-order valence-electron chi connectivity index (χ3n) is 1.15. The maximum Gasteiger partial charge on any atom is 0.243 e. The maximum absolute atomic E-state index is 11.1. The largest absolute Gasteiger partial charge is 0.266 e. The molecule has 0 aliphatic heterocycles. The summed E-state index contributed by atoms with van der Waals surface area (Å²) in [7, 11) is -3.32. The van der Waals surface area contributed by atoms with Gasteiger partial charge in [0.05, 0.1) is 4.47 Å². The van der Waals surface area contributed by atoms with Gasteiger partial charge in [0.2, 0.25) is 10.0 Å². The lowest BCUT2D eigenvalue weighted by Gasteiger charge is -2.05. The van der Waals surface area contributed by atoms with Crippen LogP contribution in [-0.2, 0) is 10.0 Å². The molecule has 13 heavy (non-hydrogen) atoms. The Hall–Kier alpha value is -0.140. The first kappa shape index (κ1) is 10.9. The molecule has 1 N–H and O–H groups in total. The number of pyridine rings is 1. The molecule has 1 heterocycles. The zero-order chi connectivity index (χ0) is 9.90. The average molecular weight is 330 g/mol. The second-order valence-electron chi connectivity index (χ2n) is 2.16. The summed E-state index contributed by atoms with van der Waals surface area (Å²) in [6, 6.07) is 3.41. The van der Waals surface area contributed by atoms with Crippen LogP contribution in [0.1, 0.15) is 0 Å². The fraction of sp³-hybridized carbons (Fsp3) is 0.167. The minimum atomic E-state index is -3.32. The Kier molecular flexibility index (Phi) is 3.69. The summed E-state index contributed by atoms with van der Waals surface area (Å²) in [5.41, 5.74) is 0. The summed E-state index contributed by atoms with van der Waals surface area (Å²) in [6.45, 7) is 0. The lowest BCUT2D eigenvalue weighted by Crippen LogP contribution is -2.14. The summed E-state index contributed by atoms with van der Waals surface area (Å²) < 4.78 is 25.0. The summed E-state index contributed by atoms with van der Waals surface area (Å²) in [6.07, 6.45) is 1.51. The molecule has 0 amide bonds. The molecule has 0 unspecified atom stereocenters. The van der Waals surface area contributed by atoms with E-state index in [2.05, 4.69) is 41.6 Å². The van der Waals surface area contributed by atoms with E-state index in [0.717, 1.165) is 0 Å². The van der Waals surface area contributed by atoms with Gasteiger partial charge in [-0.1, -0.05) is 15.9 Å². The predicted molar refractivity (Wildman–Crippen MR) is 58.3 cm³/mol. The molecule has 0 aliphatic carbocycles. The van der Waals surface area contributed by atoms with E-state index in [4.69, 9.17) is 0 Å². The maximum atomic E-state index is 11.1. The molecule has 0 radical (unpaired) electrons. The Morgan fingerprint density at radius 2 is 2.23 bits per heavy atom. The molecule has 1 rings (SSSR count). The van der Waals surface area contributed by atoms with Gasteiger partial charge in [-0.3, -0.25) is 4.72 Å². The van der Waals surface area contributed by atoms with Crippen LogP contribution in [0.25, 0.3) is 0 Å². The number of nitrogens with zero attached hydrogens (tertiary/aromatic N) is 1. The van der Waals surface area contributed by atoms with Crippen LogP contribution in [0, 0.1) is 0 Å². The van der Waals surface area contributed by atoms with E-state index in [1.165, 1.54) is 6.20 Å². The van der Waals surface area contributed by atoms with Gasteiger partial charge >= 0.3 is 0 Å². The second kappa shape index (κ2) is 4.39. The first-order valence-corrected chi connectivity index (χ1v) is 6.79. The Morgan fingerprint density at radius 1 is 1.54 bits per heavy atom. The highest BCUT2D eigenvalue weighted by atomic mass is 79.9. The monoisotopic (exact) mass is 328 g/mol. The van der Waals surface area contributed by atoms with Crippen LogP contribution in [-0.4, -0.2) is 18.1 Å². The van der Waals surface area contributed by atoms with E-state index in [1.54, 1.807) is 12.1 Å². The fourth-order valence-corrected chi connectivity index (χ4v) is 1.98. The van der Waals surface area contributed by atoms with Crippen LogP contribution in [0.15, 0.2) is 22.8 Å². The number of nitrogens with one attached hydrogen (secondary N) is 1. The molecular weight excluding hydrogens is 324 g/mol. The molecule has 1 aromatic heterocycles. The van der Waals surface area contributed by atoms with Gasteiger partial charge in [-0.25, -0.2) is 13.4 Å². The predicted octanol–water partition coefficient (Wildman–Crippen LogP) is 1.94. The van der Waals surface area contributed by atoms with E-state index in [1.807, 2.05) is 0 Å². The number of halogens is 2. The van der Waals surface area contributed by atoms with Crippen molar-refractivity contribution in [2.75, 3.05) is 9.38 Å².